The van der Waals surface area contributed by atoms with Crippen molar-refractivity contribution >= 4 is 7.82 Å². The fourth-order valence-electron chi connectivity index (χ4n) is 4.06. The van der Waals surface area contributed by atoms with Crippen molar-refractivity contribution in [2.24, 2.45) is 0 Å². The smallest absolute Gasteiger partial charge is 0.472 e. The van der Waals surface area contributed by atoms with Gasteiger partial charge in [-0.3, -0.25) is 9.05 Å². The summed E-state index contributed by atoms with van der Waals surface area (Å²) >= 11 is 0. The monoisotopic (exact) mass is 560 g/mol. The summed E-state index contributed by atoms with van der Waals surface area (Å²) in [4.78, 5) is 10.3. The van der Waals surface area contributed by atoms with Crippen LogP contribution < -0.4 is 9.47 Å². The summed E-state index contributed by atoms with van der Waals surface area (Å²) in [5, 5.41) is 10.1. The van der Waals surface area contributed by atoms with Crippen LogP contribution in [0, 0.1) is 0 Å². The lowest BCUT2D eigenvalue weighted by molar-refractivity contribution is -0.870. The maximum atomic E-state index is 12.7. The van der Waals surface area contributed by atoms with Gasteiger partial charge in [-0.25, -0.2) is 4.57 Å². The van der Waals surface area contributed by atoms with E-state index in [1.807, 2.05) is 100 Å². The van der Waals surface area contributed by atoms with E-state index in [4.69, 9.17) is 23.3 Å². The first-order chi connectivity index (χ1) is 18.5. The number of hydrogen-bond acceptors (Lipinski definition) is 7. The third kappa shape index (κ3) is 8.37. The number of hydrogen-bond donors (Lipinski definition) is 2. The molecule has 39 heavy (non-hydrogen) atoms. The molecule has 0 aromatic heterocycles. The molecule has 0 saturated carbocycles. The summed E-state index contributed by atoms with van der Waals surface area (Å²) in [6.45, 7) is -0.256. The van der Waals surface area contributed by atoms with E-state index in [9.17, 15) is 14.6 Å². The number of ether oxygens (including phenoxy) is 3. The molecule has 0 aliphatic carbocycles. The number of rotatable bonds is 15. The molecule has 0 saturated heterocycles. The second kappa shape index (κ2) is 13.5. The maximum absolute atomic E-state index is 12.7. The average Bonchev–Trinajstić information content (AvgIpc) is 2.93. The third-order valence-corrected chi connectivity index (χ3v) is 7.24. The van der Waals surface area contributed by atoms with Crippen LogP contribution in [0.2, 0.25) is 0 Å². The van der Waals surface area contributed by atoms with Crippen molar-refractivity contribution in [3.63, 3.8) is 0 Å². The minimum atomic E-state index is -4.45. The zero-order valence-electron chi connectivity index (χ0n) is 23.1. The molecule has 212 valence electrons. The third-order valence-electron chi connectivity index (χ3n) is 6.16. The zero-order chi connectivity index (χ0) is 28.5. The largest absolute Gasteiger partial charge is 0.497 e. The molecule has 0 fully saturated rings. The fraction of sp³-hybridized carbons (Fsp3) is 0.379. The number of quaternary nitrogens is 1. The second-order valence-electron chi connectivity index (χ2n) is 10.0. The maximum Gasteiger partial charge on any atom is 0.472 e. The van der Waals surface area contributed by atoms with E-state index in [2.05, 4.69) is 0 Å². The number of phosphoric acid groups is 1. The van der Waals surface area contributed by atoms with Crippen LogP contribution in [-0.2, 0) is 24.0 Å². The molecular weight excluding hydrogens is 521 g/mol. The Bertz CT molecular complexity index is 1150. The summed E-state index contributed by atoms with van der Waals surface area (Å²) in [5.41, 5.74) is 1.20. The molecule has 0 heterocycles. The number of nitrogens with zero attached hydrogens (tertiary/aromatic N) is 1. The molecular formula is C29H39NO8P+. The molecule has 10 heteroatoms. The lowest BCUT2D eigenvalue weighted by atomic mass is 9.80. The van der Waals surface area contributed by atoms with E-state index in [0.717, 1.165) is 16.7 Å². The van der Waals surface area contributed by atoms with Gasteiger partial charge < -0.3 is 28.7 Å². The Morgan fingerprint density at radius 1 is 0.821 bits per heavy atom. The first-order valence-electron chi connectivity index (χ1n) is 12.6. The number of likely N-dealkylation sites (N-methyl/N-ethyl adjacent to an activating group) is 1. The Morgan fingerprint density at radius 2 is 1.31 bits per heavy atom. The van der Waals surface area contributed by atoms with Crippen molar-refractivity contribution in [1.29, 1.82) is 0 Å². The molecule has 0 radical (unpaired) electrons. The quantitative estimate of drug-likeness (QED) is 0.162. The van der Waals surface area contributed by atoms with Crippen LogP contribution in [0.3, 0.4) is 0 Å². The topological polar surface area (TPSA) is 104 Å². The fourth-order valence-corrected chi connectivity index (χ4v) is 4.94. The van der Waals surface area contributed by atoms with Gasteiger partial charge in [0.05, 0.1) is 48.6 Å². The molecule has 3 aromatic rings. The van der Waals surface area contributed by atoms with Crippen LogP contribution in [-0.4, -0.2) is 82.3 Å². The van der Waals surface area contributed by atoms with E-state index in [0.29, 0.717) is 22.5 Å². The van der Waals surface area contributed by atoms with E-state index in [1.54, 1.807) is 14.2 Å². The Labute approximate surface area is 230 Å². The van der Waals surface area contributed by atoms with Gasteiger partial charge in [0.15, 0.2) is 0 Å². The molecule has 0 aliphatic rings. The predicted molar refractivity (Wildman–Crippen MR) is 149 cm³/mol. The SMILES string of the molecule is COc1ccc(C(OC[C@H](CO)OP(=O)(O)OCC[N+](C)(C)C)(c2ccccc2)c2ccc(OC)cc2)cc1. The minimum Gasteiger partial charge on any atom is -0.497 e. The molecule has 0 aliphatic heterocycles. The second-order valence-corrected chi connectivity index (χ2v) is 11.4. The van der Waals surface area contributed by atoms with E-state index < -0.39 is 26.1 Å². The Balaban J connectivity index is 1.99. The van der Waals surface area contributed by atoms with Gasteiger partial charge in [-0.05, 0) is 41.0 Å². The first kappa shape index (κ1) is 30.8. The highest BCUT2D eigenvalue weighted by atomic mass is 31.2. The lowest BCUT2D eigenvalue weighted by Crippen LogP contribution is -2.38. The van der Waals surface area contributed by atoms with Crippen molar-refractivity contribution in [3.8, 4) is 11.5 Å². The number of benzene rings is 3. The highest BCUT2D eigenvalue weighted by Crippen LogP contribution is 2.46. The van der Waals surface area contributed by atoms with Crippen LogP contribution in [0.25, 0.3) is 0 Å². The van der Waals surface area contributed by atoms with Gasteiger partial charge in [0.2, 0.25) is 0 Å². The molecule has 0 spiro atoms. The van der Waals surface area contributed by atoms with E-state index in [-0.39, 0.29) is 13.2 Å². The molecule has 2 N–H and O–H groups in total. The average molecular weight is 561 g/mol. The van der Waals surface area contributed by atoms with Crippen molar-refractivity contribution in [3.05, 3.63) is 95.6 Å². The summed E-state index contributed by atoms with van der Waals surface area (Å²) in [7, 11) is 4.57. The van der Waals surface area contributed by atoms with Gasteiger partial charge in [-0.15, -0.1) is 0 Å². The van der Waals surface area contributed by atoms with Gasteiger partial charge in [0.25, 0.3) is 0 Å². The van der Waals surface area contributed by atoms with Crippen LogP contribution in [0.1, 0.15) is 16.7 Å². The lowest BCUT2D eigenvalue weighted by Gasteiger charge is -2.37. The van der Waals surface area contributed by atoms with Crippen molar-refractivity contribution < 1.29 is 42.3 Å². The Kier molecular flexibility index (Phi) is 10.7. The number of methoxy groups -OCH3 is 2. The van der Waals surface area contributed by atoms with Gasteiger partial charge in [0, 0.05) is 0 Å². The number of phosphoric ester groups is 1. The normalized spacial score (nSPS) is 14.4. The minimum absolute atomic E-state index is 0.0158. The van der Waals surface area contributed by atoms with Crippen LogP contribution in [0.4, 0.5) is 0 Å². The molecule has 1 unspecified atom stereocenters. The van der Waals surface area contributed by atoms with Gasteiger partial charge in [0.1, 0.15) is 36.4 Å². The van der Waals surface area contributed by atoms with Gasteiger partial charge in [-0.1, -0.05) is 54.6 Å². The summed E-state index contributed by atoms with van der Waals surface area (Å²) in [6.07, 6.45) is -1.13. The van der Waals surface area contributed by atoms with Crippen LogP contribution >= 0.6 is 7.82 Å². The van der Waals surface area contributed by atoms with Crippen LogP contribution in [0.5, 0.6) is 11.5 Å². The van der Waals surface area contributed by atoms with Crippen molar-refractivity contribution in [2.45, 2.75) is 11.7 Å². The van der Waals surface area contributed by atoms with E-state index in [1.165, 1.54) is 0 Å². The van der Waals surface area contributed by atoms with E-state index >= 15 is 0 Å². The summed E-state index contributed by atoms with van der Waals surface area (Å²) in [5.74, 6) is 1.36. The number of aliphatic hydroxyl groups excluding tert-OH is 1. The molecule has 3 rings (SSSR count). The highest BCUT2D eigenvalue weighted by molar-refractivity contribution is 7.47. The highest BCUT2D eigenvalue weighted by Gasteiger charge is 2.39. The summed E-state index contributed by atoms with van der Waals surface area (Å²) < 4.78 is 41.1. The van der Waals surface area contributed by atoms with Crippen LogP contribution in [0.15, 0.2) is 78.9 Å². The molecule has 0 bridgehead atoms. The van der Waals surface area contributed by atoms with Crippen molar-refractivity contribution in [1.82, 2.24) is 0 Å². The zero-order valence-corrected chi connectivity index (χ0v) is 24.0. The molecule has 0 amide bonds. The number of aliphatic hydroxyl groups is 1. The van der Waals surface area contributed by atoms with Crippen molar-refractivity contribution in [2.75, 3.05) is 61.7 Å². The van der Waals surface area contributed by atoms with Gasteiger partial charge in [-0.2, -0.15) is 0 Å². The molecule has 2 atom stereocenters. The molecule has 3 aromatic carbocycles. The van der Waals surface area contributed by atoms with Gasteiger partial charge >= 0.3 is 7.82 Å². The predicted octanol–water partition coefficient (Wildman–Crippen LogP) is 4.21. The Hall–Kier alpha value is -2.75. The standard InChI is InChI=1S/C29H38NO8P/c1-30(2,3)19-20-37-39(32,33)38-28(21-31)22-36-29(23-9-7-6-8-10-23,24-11-15-26(34-4)16-12-24)25-13-17-27(35-5)18-14-25/h6-18,28,31H,19-22H2,1-5H3/p+1/t28-/m0/s1. The molecule has 9 nitrogen and oxygen atoms in total. The summed E-state index contributed by atoms with van der Waals surface area (Å²) in [6, 6.07) is 24.5. The Morgan fingerprint density at radius 3 is 1.74 bits per heavy atom. The first-order valence-corrected chi connectivity index (χ1v) is 14.1.